The minimum atomic E-state index is -2.71. The average Bonchev–Trinajstić information content (AvgIpc) is 3.35. The van der Waals surface area contributed by atoms with Crippen molar-refractivity contribution in [3.05, 3.63) is 54.4 Å². The van der Waals surface area contributed by atoms with Gasteiger partial charge in [-0.2, -0.15) is 5.10 Å². The van der Waals surface area contributed by atoms with Crippen LogP contribution in [0.3, 0.4) is 0 Å². The van der Waals surface area contributed by atoms with E-state index in [1.807, 2.05) is 12.1 Å². The molecule has 10 heteroatoms. The van der Waals surface area contributed by atoms with Crippen LogP contribution in [0.1, 0.15) is 40.4 Å². The molecule has 2 heterocycles. The zero-order valence-corrected chi connectivity index (χ0v) is 20.9. The largest absolute Gasteiger partial charge is 0.372 e. The molecule has 3 aromatic rings. The number of fused-ring (bicyclic) bond motifs is 1. The minimum Gasteiger partial charge on any atom is -0.372 e. The van der Waals surface area contributed by atoms with E-state index in [2.05, 4.69) is 61.5 Å². The van der Waals surface area contributed by atoms with Crippen molar-refractivity contribution in [3.63, 3.8) is 0 Å². The summed E-state index contributed by atoms with van der Waals surface area (Å²) in [5.41, 5.74) is 4.49. The highest BCUT2D eigenvalue weighted by atomic mass is 32.2. The van der Waals surface area contributed by atoms with Crippen molar-refractivity contribution in [2.45, 2.75) is 34.6 Å². The molecule has 1 aliphatic heterocycles. The molecule has 2 aromatic carbocycles. The van der Waals surface area contributed by atoms with E-state index in [9.17, 15) is 8.42 Å². The third kappa shape index (κ3) is 4.86. The van der Waals surface area contributed by atoms with Crippen molar-refractivity contribution in [3.8, 4) is 11.4 Å². The summed E-state index contributed by atoms with van der Waals surface area (Å²) in [6, 6.07) is 15.0. The molecule has 178 valence electrons. The molecule has 0 amide bonds. The molecule has 0 spiro atoms. The lowest BCUT2D eigenvalue weighted by Gasteiger charge is -2.21. The predicted octanol–water partition coefficient (Wildman–Crippen LogP) is 4.11. The molecule has 34 heavy (non-hydrogen) atoms. The van der Waals surface area contributed by atoms with Gasteiger partial charge in [0.1, 0.15) is 5.71 Å². The summed E-state index contributed by atoms with van der Waals surface area (Å²) < 4.78 is 24.1. The smallest absolute Gasteiger partial charge is 0.222 e. The number of anilines is 2. The fraction of sp³-hybridized carbons (Fsp3) is 0.333. The molecule has 1 aliphatic rings. The third-order valence-corrected chi connectivity index (χ3v) is 5.96. The minimum absolute atomic E-state index is 0.245. The number of hydrogen-bond donors (Lipinski definition) is 2. The van der Waals surface area contributed by atoms with Crippen LogP contribution in [0.5, 0.6) is 0 Å². The zero-order valence-electron chi connectivity index (χ0n) is 20.0. The van der Waals surface area contributed by atoms with Gasteiger partial charge in [-0.3, -0.25) is 4.72 Å². The van der Waals surface area contributed by atoms with Crippen LogP contribution in [0.2, 0.25) is 0 Å². The Morgan fingerprint density at radius 2 is 1.65 bits per heavy atom. The summed E-state index contributed by atoms with van der Waals surface area (Å²) in [7, 11) is -2.71. The van der Waals surface area contributed by atoms with Crippen LogP contribution in [0.4, 0.5) is 17.1 Å². The number of nitrogens with one attached hydrogen (secondary N) is 1. The van der Waals surface area contributed by atoms with Gasteiger partial charge in [0, 0.05) is 35.4 Å². The van der Waals surface area contributed by atoms with Crippen LogP contribution in [0.25, 0.3) is 11.4 Å². The first-order chi connectivity index (χ1) is 16.2. The van der Waals surface area contributed by atoms with Crippen molar-refractivity contribution in [1.82, 2.24) is 14.9 Å². The van der Waals surface area contributed by atoms with Gasteiger partial charge in [0.15, 0.2) is 5.82 Å². The molecule has 0 atom stereocenters. The molecule has 0 saturated carbocycles. The van der Waals surface area contributed by atoms with Gasteiger partial charge in [0.25, 0.3) is 0 Å². The summed E-state index contributed by atoms with van der Waals surface area (Å²) in [4.78, 5) is 13.5. The number of aromatic nitrogens is 3. The first kappa shape index (κ1) is 23.6. The lowest BCUT2D eigenvalue weighted by Crippen LogP contribution is -2.27. The Balaban J connectivity index is 1.70. The first-order valence-corrected chi connectivity index (χ1v) is 12.4. The fourth-order valence-corrected chi connectivity index (χ4v) is 4.12. The molecule has 0 unspecified atom stereocenters. The van der Waals surface area contributed by atoms with Crippen molar-refractivity contribution in [2.24, 2.45) is 15.5 Å². The van der Waals surface area contributed by atoms with Crippen LogP contribution < -0.4 is 9.62 Å². The molecule has 0 aliphatic carbocycles. The summed E-state index contributed by atoms with van der Waals surface area (Å²) >= 11 is 0. The van der Waals surface area contributed by atoms with E-state index in [0.29, 0.717) is 23.0 Å². The number of hydrogen-bond acceptors (Lipinski definition) is 7. The number of rotatable bonds is 7. The van der Waals surface area contributed by atoms with Crippen LogP contribution in [0.15, 0.2) is 58.6 Å². The van der Waals surface area contributed by atoms with E-state index in [1.165, 1.54) is 4.79 Å². The topological polar surface area (TPSA) is 105 Å². The summed E-state index contributed by atoms with van der Waals surface area (Å²) in [6.45, 7) is 12.4. The Morgan fingerprint density at radius 1 is 1.00 bits per heavy atom. The van der Waals surface area contributed by atoms with E-state index in [4.69, 9.17) is 15.1 Å². The fourth-order valence-electron chi connectivity index (χ4n) is 3.76. The van der Waals surface area contributed by atoms with Gasteiger partial charge < -0.3 is 4.90 Å². The monoisotopic (exact) mass is 479 g/mol. The molecule has 9 nitrogen and oxygen atoms in total. The zero-order chi connectivity index (χ0) is 24.5. The SMILES string of the molecule is CCN(CC)c1ccc(/N=C2/C(C(C)(C)C)=Nn3nc(-c4ccc(N[SH](=O)=O)cc4)nc32)cc1. The van der Waals surface area contributed by atoms with Gasteiger partial charge in [0.2, 0.25) is 16.7 Å². The normalized spacial score (nSPS) is 14.4. The van der Waals surface area contributed by atoms with Crippen LogP contribution >= 0.6 is 0 Å². The molecule has 1 aromatic heterocycles. The molecular formula is C24H29N7O2S. The molecule has 0 saturated heterocycles. The van der Waals surface area contributed by atoms with Crippen molar-refractivity contribution in [2.75, 3.05) is 22.7 Å². The van der Waals surface area contributed by atoms with E-state index in [0.717, 1.165) is 35.7 Å². The Kier molecular flexibility index (Phi) is 6.52. The van der Waals surface area contributed by atoms with Gasteiger partial charge in [-0.05, 0) is 62.4 Å². The number of benzene rings is 2. The van der Waals surface area contributed by atoms with Crippen molar-refractivity contribution >= 4 is 39.4 Å². The maximum atomic E-state index is 10.9. The second-order valence-electron chi connectivity index (χ2n) is 8.94. The van der Waals surface area contributed by atoms with E-state index in [-0.39, 0.29) is 5.41 Å². The molecule has 0 bridgehead atoms. The maximum Gasteiger partial charge on any atom is 0.222 e. The lowest BCUT2D eigenvalue weighted by atomic mass is 9.87. The van der Waals surface area contributed by atoms with Gasteiger partial charge in [-0.15, -0.1) is 9.89 Å². The summed E-state index contributed by atoms with van der Waals surface area (Å²) in [5, 5.41) is 9.26. The number of thiol groups is 1. The highest BCUT2D eigenvalue weighted by Crippen LogP contribution is 2.29. The highest BCUT2D eigenvalue weighted by Gasteiger charge is 2.34. The standard InChI is InChI=1S/C24H29N7O2S/c1-6-30(7-2)19-14-12-17(13-15-19)25-20-21(24(3,4)5)27-31-23(20)26-22(28-31)16-8-10-18(11-9-16)29-34(32)33/h8-15,34H,6-7H2,1-5H3,(H,29,32,33)/b25-20-. The Morgan fingerprint density at radius 3 is 2.21 bits per heavy atom. The average molecular weight is 480 g/mol. The third-order valence-electron chi connectivity index (χ3n) is 5.51. The lowest BCUT2D eigenvalue weighted by molar-refractivity contribution is 0.589. The Hall–Kier alpha value is -3.53. The Bertz CT molecular complexity index is 1300. The molecule has 1 N–H and O–H groups in total. The van der Waals surface area contributed by atoms with Crippen molar-refractivity contribution < 1.29 is 8.42 Å². The highest BCUT2D eigenvalue weighted by molar-refractivity contribution is 7.73. The van der Waals surface area contributed by atoms with E-state index < -0.39 is 10.9 Å². The van der Waals surface area contributed by atoms with Gasteiger partial charge in [-0.1, -0.05) is 20.8 Å². The second kappa shape index (κ2) is 9.38. The summed E-state index contributed by atoms with van der Waals surface area (Å²) in [5.74, 6) is 1.08. The molecule has 4 rings (SSSR count). The molecular weight excluding hydrogens is 450 g/mol. The summed E-state index contributed by atoms with van der Waals surface area (Å²) in [6.07, 6.45) is 0. The predicted molar refractivity (Wildman–Crippen MR) is 138 cm³/mol. The van der Waals surface area contributed by atoms with E-state index >= 15 is 0 Å². The van der Waals surface area contributed by atoms with Gasteiger partial charge in [0.05, 0.1) is 11.4 Å². The second-order valence-corrected chi connectivity index (χ2v) is 9.68. The van der Waals surface area contributed by atoms with Gasteiger partial charge >= 0.3 is 0 Å². The van der Waals surface area contributed by atoms with Crippen LogP contribution in [-0.2, 0) is 10.9 Å². The van der Waals surface area contributed by atoms with Crippen LogP contribution in [0, 0.1) is 5.41 Å². The Labute approximate surface area is 201 Å². The first-order valence-electron chi connectivity index (χ1n) is 11.2. The van der Waals surface area contributed by atoms with Gasteiger partial charge in [-0.25, -0.2) is 18.4 Å². The number of nitrogens with zero attached hydrogens (tertiary/aromatic N) is 6. The maximum absolute atomic E-state index is 10.9. The molecule has 0 radical (unpaired) electrons. The number of aliphatic imine (C=N–C) groups is 1. The van der Waals surface area contributed by atoms with Crippen molar-refractivity contribution in [1.29, 1.82) is 0 Å². The molecule has 0 fully saturated rings. The van der Waals surface area contributed by atoms with E-state index in [1.54, 1.807) is 24.3 Å². The quantitative estimate of drug-likeness (QED) is 0.496. The van der Waals surface area contributed by atoms with Crippen LogP contribution in [-0.4, -0.2) is 47.8 Å².